The minimum Gasteiger partial charge on any atom is -0.394 e. The van der Waals surface area contributed by atoms with Crippen LogP contribution in [-0.4, -0.2) is 31.2 Å². The van der Waals surface area contributed by atoms with Crippen LogP contribution in [0.25, 0.3) is 0 Å². The molecule has 3 heteroatoms. The van der Waals surface area contributed by atoms with Crippen molar-refractivity contribution in [3.63, 3.8) is 0 Å². The van der Waals surface area contributed by atoms with Crippen LogP contribution in [0.4, 0.5) is 0 Å². The van der Waals surface area contributed by atoms with Gasteiger partial charge < -0.3 is 14.6 Å². The molecule has 1 aliphatic rings. The van der Waals surface area contributed by atoms with E-state index in [-0.39, 0.29) is 18.6 Å². The second kappa shape index (κ2) is 7.85. The molecular weight excluding hydrogens is 192 g/mol. The molecule has 0 aliphatic carbocycles. The Morgan fingerprint density at radius 2 is 2.27 bits per heavy atom. The minimum atomic E-state index is -0.0822. The van der Waals surface area contributed by atoms with Crippen molar-refractivity contribution in [3.05, 3.63) is 12.2 Å². The van der Waals surface area contributed by atoms with Crippen molar-refractivity contribution in [3.8, 4) is 0 Å². The van der Waals surface area contributed by atoms with Gasteiger partial charge >= 0.3 is 0 Å². The van der Waals surface area contributed by atoms with E-state index in [1.165, 1.54) is 19.3 Å². The average Bonchev–Trinajstić information content (AvgIpc) is 2.29. The fourth-order valence-electron chi connectivity index (χ4n) is 1.70. The van der Waals surface area contributed by atoms with Crippen LogP contribution in [0.3, 0.4) is 0 Å². The lowest BCUT2D eigenvalue weighted by Crippen LogP contribution is -2.35. The predicted molar refractivity (Wildman–Crippen MR) is 59.5 cm³/mol. The van der Waals surface area contributed by atoms with Gasteiger partial charge in [-0.3, -0.25) is 0 Å². The van der Waals surface area contributed by atoms with Crippen LogP contribution in [0.15, 0.2) is 12.2 Å². The van der Waals surface area contributed by atoms with E-state index in [1.807, 2.05) is 0 Å². The number of aliphatic hydroxyl groups excluding tert-OH is 1. The van der Waals surface area contributed by atoms with Gasteiger partial charge in [0.1, 0.15) is 6.79 Å². The van der Waals surface area contributed by atoms with E-state index < -0.39 is 0 Å². The summed E-state index contributed by atoms with van der Waals surface area (Å²) in [6, 6.07) is 0. The number of allylic oxidation sites excluding steroid dienone is 1. The van der Waals surface area contributed by atoms with Gasteiger partial charge in [0.2, 0.25) is 0 Å². The Hall–Kier alpha value is -0.380. The lowest BCUT2D eigenvalue weighted by Gasteiger charge is -2.28. The van der Waals surface area contributed by atoms with E-state index in [1.54, 1.807) is 0 Å². The zero-order valence-electron chi connectivity index (χ0n) is 9.52. The van der Waals surface area contributed by atoms with Crippen LogP contribution in [0, 0.1) is 5.92 Å². The van der Waals surface area contributed by atoms with Crippen LogP contribution in [0.2, 0.25) is 0 Å². The number of hydrogen-bond acceptors (Lipinski definition) is 3. The summed E-state index contributed by atoms with van der Waals surface area (Å²) < 4.78 is 10.5. The monoisotopic (exact) mass is 214 g/mol. The SMILES string of the molecule is CCCCC/C=C\[C@@H]1COCO[C@@H]1CO. The molecule has 0 aromatic rings. The molecule has 0 spiro atoms. The van der Waals surface area contributed by atoms with Gasteiger partial charge in [0.15, 0.2) is 0 Å². The van der Waals surface area contributed by atoms with Crippen LogP contribution in [0.5, 0.6) is 0 Å². The lowest BCUT2D eigenvalue weighted by molar-refractivity contribution is -0.170. The maximum atomic E-state index is 9.09. The highest BCUT2D eigenvalue weighted by atomic mass is 16.7. The highest BCUT2D eigenvalue weighted by molar-refractivity contribution is 4.93. The Morgan fingerprint density at radius 3 is 3.00 bits per heavy atom. The fraction of sp³-hybridized carbons (Fsp3) is 0.833. The average molecular weight is 214 g/mol. The highest BCUT2D eigenvalue weighted by Gasteiger charge is 2.23. The van der Waals surface area contributed by atoms with Crippen LogP contribution >= 0.6 is 0 Å². The number of hydrogen-bond donors (Lipinski definition) is 1. The van der Waals surface area contributed by atoms with Gasteiger partial charge in [-0.1, -0.05) is 31.9 Å². The van der Waals surface area contributed by atoms with Gasteiger partial charge in [-0.15, -0.1) is 0 Å². The number of ether oxygens (including phenoxy) is 2. The molecule has 0 radical (unpaired) electrons. The second-order valence-electron chi connectivity index (χ2n) is 3.96. The maximum Gasteiger partial charge on any atom is 0.147 e. The summed E-state index contributed by atoms with van der Waals surface area (Å²) >= 11 is 0. The summed E-state index contributed by atoms with van der Waals surface area (Å²) in [7, 11) is 0. The molecule has 0 unspecified atom stereocenters. The molecule has 0 aromatic heterocycles. The minimum absolute atomic E-state index is 0.0767. The Bertz CT molecular complexity index is 180. The summed E-state index contributed by atoms with van der Waals surface area (Å²) in [6.45, 7) is 3.25. The highest BCUT2D eigenvalue weighted by Crippen LogP contribution is 2.16. The zero-order chi connectivity index (χ0) is 10.9. The van der Waals surface area contributed by atoms with E-state index in [2.05, 4.69) is 19.1 Å². The van der Waals surface area contributed by atoms with Crippen molar-refractivity contribution in [1.29, 1.82) is 0 Å². The first-order chi connectivity index (χ1) is 7.38. The lowest BCUT2D eigenvalue weighted by atomic mass is 10.0. The standard InChI is InChI=1S/C12H22O3/c1-2-3-4-5-6-7-11-9-14-10-15-12(11)8-13/h6-7,11-13H,2-5,8-10H2,1H3/b7-6-/t11-,12-/m1/s1. The van der Waals surface area contributed by atoms with E-state index >= 15 is 0 Å². The molecule has 2 atom stereocenters. The second-order valence-corrected chi connectivity index (χ2v) is 3.96. The fourth-order valence-corrected chi connectivity index (χ4v) is 1.70. The third kappa shape index (κ3) is 4.78. The van der Waals surface area contributed by atoms with Gasteiger partial charge in [-0.25, -0.2) is 0 Å². The molecule has 0 amide bonds. The van der Waals surface area contributed by atoms with Gasteiger partial charge in [0, 0.05) is 5.92 Å². The largest absolute Gasteiger partial charge is 0.394 e. The van der Waals surface area contributed by atoms with Crippen molar-refractivity contribution < 1.29 is 14.6 Å². The number of unbranched alkanes of at least 4 members (excludes halogenated alkanes) is 3. The van der Waals surface area contributed by atoms with Crippen molar-refractivity contribution in [1.82, 2.24) is 0 Å². The van der Waals surface area contributed by atoms with E-state index in [0.717, 1.165) is 6.42 Å². The molecule has 0 aromatic carbocycles. The van der Waals surface area contributed by atoms with E-state index in [4.69, 9.17) is 14.6 Å². The summed E-state index contributed by atoms with van der Waals surface area (Å²) in [5.74, 6) is 0.213. The van der Waals surface area contributed by atoms with Crippen LogP contribution in [-0.2, 0) is 9.47 Å². The quantitative estimate of drug-likeness (QED) is 0.543. The Balaban J connectivity index is 2.21. The van der Waals surface area contributed by atoms with Crippen molar-refractivity contribution in [2.45, 2.75) is 38.7 Å². The molecule has 1 heterocycles. The topological polar surface area (TPSA) is 38.7 Å². The van der Waals surface area contributed by atoms with Crippen molar-refractivity contribution >= 4 is 0 Å². The summed E-state index contributed by atoms with van der Waals surface area (Å²) in [6.07, 6.45) is 9.11. The van der Waals surface area contributed by atoms with Gasteiger partial charge in [-0.05, 0) is 12.8 Å². The first kappa shape index (κ1) is 12.7. The Kier molecular flexibility index (Phi) is 6.64. The Labute approximate surface area is 92.1 Å². The molecule has 0 saturated carbocycles. The van der Waals surface area contributed by atoms with Crippen LogP contribution < -0.4 is 0 Å². The predicted octanol–water partition coefficient (Wildman–Crippen LogP) is 2.10. The van der Waals surface area contributed by atoms with E-state index in [9.17, 15) is 0 Å². The number of rotatable bonds is 6. The first-order valence-electron chi connectivity index (χ1n) is 5.85. The molecule has 88 valence electrons. The number of aliphatic hydroxyl groups is 1. The Morgan fingerprint density at radius 1 is 1.40 bits per heavy atom. The smallest absolute Gasteiger partial charge is 0.147 e. The molecule has 15 heavy (non-hydrogen) atoms. The van der Waals surface area contributed by atoms with E-state index in [0.29, 0.717) is 13.4 Å². The summed E-state index contributed by atoms with van der Waals surface area (Å²) in [4.78, 5) is 0. The maximum absolute atomic E-state index is 9.09. The molecule has 3 nitrogen and oxygen atoms in total. The molecule has 1 N–H and O–H groups in total. The molecule has 1 rings (SSSR count). The summed E-state index contributed by atoms with van der Waals surface area (Å²) in [5, 5.41) is 9.09. The van der Waals surface area contributed by atoms with Crippen molar-refractivity contribution in [2.75, 3.05) is 20.0 Å². The van der Waals surface area contributed by atoms with Crippen molar-refractivity contribution in [2.24, 2.45) is 5.92 Å². The molecule has 1 aliphatic heterocycles. The molecular formula is C12H22O3. The van der Waals surface area contributed by atoms with Crippen LogP contribution in [0.1, 0.15) is 32.6 Å². The molecule has 0 bridgehead atoms. The normalized spacial score (nSPS) is 27.3. The zero-order valence-corrected chi connectivity index (χ0v) is 9.52. The third-order valence-electron chi connectivity index (χ3n) is 2.69. The van der Waals surface area contributed by atoms with Gasteiger partial charge in [0.25, 0.3) is 0 Å². The van der Waals surface area contributed by atoms with Gasteiger partial charge in [-0.2, -0.15) is 0 Å². The summed E-state index contributed by atoms with van der Waals surface area (Å²) in [5.41, 5.74) is 0. The molecule has 1 fully saturated rings. The van der Waals surface area contributed by atoms with Gasteiger partial charge in [0.05, 0.1) is 19.3 Å². The first-order valence-corrected chi connectivity index (χ1v) is 5.85. The molecule has 1 saturated heterocycles. The third-order valence-corrected chi connectivity index (χ3v) is 2.69.